The minimum Gasteiger partial charge on any atom is -0.444 e. The van der Waals surface area contributed by atoms with E-state index >= 15 is 0 Å². The minimum atomic E-state index is -0.619. The molecule has 0 fully saturated rings. The zero-order chi connectivity index (χ0) is 20.4. The average Bonchev–Trinajstić information content (AvgIpc) is 2.56. The second kappa shape index (κ2) is 10.7. The lowest BCUT2D eigenvalue weighted by Crippen LogP contribution is -2.43. The first-order valence-electron chi connectivity index (χ1n) is 9.01. The first kappa shape index (κ1) is 22.7. The van der Waals surface area contributed by atoms with Gasteiger partial charge in [-0.05, 0) is 58.2 Å². The molecule has 1 aromatic rings. The van der Waals surface area contributed by atoms with Crippen LogP contribution in [0.15, 0.2) is 24.3 Å². The Balaban J connectivity index is 2.30. The third kappa shape index (κ3) is 9.79. The first-order chi connectivity index (χ1) is 12.6. The summed E-state index contributed by atoms with van der Waals surface area (Å²) in [5, 5.41) is 17.5. The first-order valence-corrected chi connectivity index (χ1v) is 9.01. The number of nitrogens with one attached hydrogen (secondary N) is 3. The second-order valence-corrected chi connectivity index (χ2v) is 7.38. The van der Waals surface area contributed by atoms with Crippen molar-refractivity contribution in [2.75, 3.05) is 13.2 Å². The van der Waals surface area contributed by atoms with Gasteiger partial charge in [-0.2, -0.15) is 0 Å². The van der Waals surface area contributed by atoms with Crippen LogP contribution in [0.5, 0.6) is 0 Å². The third-order valence-corrected chi connectivity index (χ3v) is 3.62. The molecule has 152 valence electrons. The van der Waals surface area contributed by atoms with E-state index in [4.69, 9.17) is 4.74 Å². The maximum atomic E-state index is 13.0. The van der Waals surface area contributed by atoms with Crippen molar-refractivity contribution in [3.8, 4) is 0 Å². The van der Waals surface area contributed by atoms with E-state index in [2.05, 4.69) is 16.0 Å². The molecule has 2 atom stereocenters. The highest BCUT2D eigenvalue weighted by Crippen LogP contribution is 2.13. The summed E-state index contributed by atoms with van der Waals surface area (Å²) in [7, 11) is 0. The number of aliphatic hydroxyl groups excluding tert-OH is 1. The number of aliphatic hydroxyl groups is 1. The number of halogens is 1. The molecule has 0 aliphatic carbocycles. The summed E-state index contributed by atoms with van der Waals surface area (Å²) >= 11 is 0. The van der Waals surface area contributed by atoms with Gasteiger partial charge in [0.05, 0.1) is 12.6 Å². The predicted molar refractivity (Wildman–Crippen MR) is 101 cm³/mol. The van der Waals surface area contributed by atoms with Gasteiger partial charge in [0.25, 0.3) is 0 Å². The number of carbonyl (C=O) groups excluding carboxylic acids is 2. The Morgan fingerprint density at radius 1 is 1.19 bits per heavy atom. The summed E-state index contributed by atoms with van der Waals surface area (Å²) in [6.45, 7) is 7.37. The number of rotatable bonds is 8. The molecule has 1 aromatic carbocycles. The monoisotopic (exact) mass is 383 g/mol. The minimum absolute atomic E-state index is 0.127. The Kier molecular flexibility index (Phi) is 9.00. The van der Waals surface area contributed by atoms with Crippen LogP contribution < -0.4 is 16.0 Å². The van der Waals surface area contributed by atoms with E-state index < -0.39 is 23.8 Å². The van der Waals surface area contributed by atoms with Crippen LogP contribution in [0, 0.1) is 5.82 Å². The van der Waals surface area contributed by atoms with Gasteiger partial charge < -0.3 is 25.8 Å². The van der Waals surface area contributed by atoms with Gasteiger partial charge in [-0.3, -0.25) is 0 Å². The van der Waals surface area contributed by atoms with E-state index in [1.54, 1.807) is 20.8 Å². The topological polar surface area (TPSA) is 99.7 Å². The van der Waals surface area contributed by atoms with Crippen molar-refractivity contribution in [1.82, 2.24) is 16.0 Å². The number of ether oxygens (including phenoxy) is 1. The standard InChI is InChI=1S/C19H30FN3O4/c1-13(6-5-11-21-18(26)27-19(2,3)4)22-17(25)23-16(12-24)14-7-9-15(20)10-8-14/h7-10,13,16,24H,5-6,11-12H2,1-4H3,(H,21,26)(H2,22,23,25). The van der Waals surface area contributed by atoms with Gasteiger partial charge in [0.2, 0.25) is 0 Å². The molecule has 0 radical (unpaired) electrons. The number of alkyl carbamates (subject to hydrolysis) is 1. The maximum Gasteiger partial charge on any atom is 0.407 e. The highest BCUT2D eigenvalue weighted by Gasteiger charge is 2.17. The molecule has 4 N–H and O–H groups in total. The molecule has 0 heterocycles. The number of urea groups is 1. The summed E-state index contributed by atoms with van der Waals surface area (Å²) in [6.07, 6.45) is 0.858. The van der Waals surface area contributed by atoms with E-state index in [1.807, 2.05) is 6.92 Å². The van der Waals surface area contributed by atoms with Crippen molar-refractivity contribution in [2.24, 2.45) is 0 Å². The van der Waals surface area contributed by atoms with Crippen LogP contribution in [0.1, 0.15) is 52.1 Å². The summed E-state index contributed by atoms with van der Waals surface area (Å²) < 4.78 is 18.1. The Hall–Kier alpha value is -2.35. The Labute approximate surface area is 159 Å². The zero-order valence-electron chi connectivity index (χ0n) is 16.3. The molecule has 0 aliphatic heterocycles. The summed E-state index contributed by atoms with van der Waals surface area (Å²) in [4.78, 5) is 23.6. The van der Waals surface area contributed by atoms with Gasteiger partial charge >= 0.3 is 12.1 Å². The summed E-state index contributed by atoms with van der Waals surface area (Å²) in [5.74, 6) is -0.381. The SMILES string of the molecule is CC(CCCNC(=O)OC(C)(C)C)NC(=O)NC(CO)c1ccc(F)cc1. The molecule has 27 heavy (non-hydrogen) atoms. The molecule has 0 saturated heterocycles. The molecule has 0 bridgehead atoms. The van der Waals surface area contributed by atoms with Crippen molar-refractivity contribution >= 4 is 12.1 Å². The van der Waals surface area contributed by atoms with Crippen LogP contribution in [0.3, 0.4) is 0 Å². The van der Waals surface area contributed by atoms with Crippen molar-refractivity contribution < 1.29 is 23.8 Å². The predicted octanol–water partition coefficient (Wildman–Crippen LogP) is 2.85. The number of carbonyl (C=O) groups is 2. The fourth-order valence-electron chi connectivity index (χ4n) is 2.34. The largest absolute Gasteiger partial charge is 0.444 e. The van der Waals surface area contributed by atoms with E-state index in [0.717, 1.165) is 0 Å². The smallest absolute Gasteiger partial charge is 0.407 e. The lowest BCUT2D eigenvalue weighted by atomic mass is 10.1. The van der Waals surface area contributed by atoms with E-state index in [1.165, 1.54) is 24.3 Å². The van der Waals surface area contributed by atoms with Gasteiger partial charge in [-0.1, -0.05) is 12.1 Å². The van der Waals surface area contributed by atoms with Crippen LogP contribution in [0.2, 0.25) is 0 Å². The van der Waals surface area contributed by atoms with Crippen molar-refractivity contribution in [2.45, 2.75) is 58.2 Å². The molecule has 0 saturated carbocycles. The molecule has 1 rings (SSSR count). The Morgan fingerprint density at radius 3 is 2.37 bits per heavy atom. The summed E-state index contributed by atoms with van der Waals surface area (Å²) in [6, 6.07) is 4.41. The molecular weight excluding hydrogens is 353 g/mol. The normalized spacial score (nSPS) is 13.4. The molecule has 2 unspecified atom stereocenters. The summed E-state index contributed by atoms with van der Waals surface area (Å²) in [5.41, 5.74) is 0.0772. The average molecular weight is 383 g/mol. The molecule has 3 amide bonds. The third-order valence-electron chi connectivity index (χ3n) is 3.62. The Morgan fingerprint density at radius 2 is 1.81 bits per heavy atom. The van der Waals surface area contributed by atoms with Gasteiger partial charge in [-0.15, -0.1) is 0 Å². The molecule has 7 nitrogen and oxygen atoms in total. The maximum absolute atomic E-state index is 13.0. The van der Waals surface area contributed by atoms with E-state index in [-0.39, 0.29) is 18.5 Å². The molecule has 0 spiro atoms. The molecule has 0 aliphatic rings. The molecule has 0 aromatic heterocycles. The van der Waals surface area contributed by atoms with Crippen LogP contribution >= 0.6 is 0 Å². The van der Waals surface area contributed by atoms with Gasteiger partial charge in [0.1, 0.15) is 11.4 Å². The van der Waals surface area contributed by atoms with Crippen molar-refractivity contribution in [3.63, 3.8) is 0 Å². The lowest BCUT2D eigenvalue weighted by molar-refractivity contribution is 0.0526. The lowest BCUT2D eigenvalue weighted by Gasteiger charge is -2.21. The molecular formula is C19H30FN3O4. The van der Waals surface area contributed by atoms with Crippen LogP contribution in [-0.2, 0) is 4.74 Å². The Bertz CT molecular complexity index is 602. The van der Waals surface area contributed by atoms with Crippen LogP contribution in [0.4, 0.5) is 14.0 Å². The second-order valence-electron chi connectivity index (χ2n) is 7.38. The quantitative estimate of drug-likeness (QED) is 0.519. The fraction of sp³-hybridized carbons (Fsp3) is 0.579. The highest BCUT2D eigenvalue weighted by molar-refractivity contribution is 5.74. The number of benzene rings is 1. The zero-order valence-corrected chi connectivity index (χ0v) is 16.3. The van der Waals surface area contributed by atoms with Crippen molar-refractivity contribution in [1.29, 1.82) is 0 Å². The number of hydrogen-bond acceptors (Lipinski definition) is 4. The number of amides is 3. The van der Waals surface area contributed by atoms with Crippen LogP contribution in [-0.4, -0.2) is 42.0 Å². The number of hydrogen-bond donors (Lipinski definition) is 4. The highest BCUT2D eigenvalue weighted by atomic mass is 19.1. The van der Waals surface area contributed by atoms with Crippen molar-refractivity contribution in [3.05, 3.63) is 35.6 Å². The van der Waals surface area contributed by atoms with Gasteiger partial charge in [0, 0.05) is 12.6 Å². The van der Waals surface area contributed by atoms with E-state index in [9.17, 15) is 19.1 Å². The van der Waals surface area contributed by atoms with Gasteiger partial charge in [0.15, 0.2) is 0 Å². The van der Waals surface area contributed by atoms with Gasteiger partial charge in [-0.25, -0.2) is 14.0 Å². The molecule has 8 heteroatoms. The fourth-order valence-corrected chi connectivity index (χ4v) is 2.34. The van der Waals surface area contributed by atoms with E-state index in [0.29, 0.717) is 24.9 Å². The van der Waals surface area contributed by atoms with Crippen LogP contribution in [0.25, 0.3) is 0 Å².